The first-order valence-corrected chi connectivity index (χ1v) is 9.92. The van der Waals surface area contributed by atoms with Gasteiger partial charge < -0.3 is 0 Å². The molecule has 0 unspecified atom stereocenters. The van der Waals surface area contributed by atoms with Gasteiger partial charge in [-0.2, -0.15) is 43.2 Å². The van der Waals surface area contributed by atoms with Crippen molar-refractivity contribution < 1.29 is 51.5 Å². The Labute approximate surface area is 157 Å². The molecule has 6 nitrogen and oxygen atoms in total. The van der Waals surface area contributed by atoms with E-state index in [0.29, 0.717) is 0 Å². The van der Waals surface area contributed by atoms with Gasteiger partial charge in [0.2, 0.25) is 0 Å². The van der Waals surface area contributed by atoms with Crippen molar-refractivity contribution in [2.45, 2.75) is 36.1 Å². The lowest BCUT2D eigenvalue weighted by Gasteiger charge is -2.20. The lowest BCUT2D eigenvalue weighted by atomic mass is 10.1. The molecule has 0 atom stereocenters. The van der Waals surface area contributed by atoms with Crippen molar-refractivity contribution in [1.29, 1.82) is 0 Å². The Kier molecular flexibility index (Phi) is 6.66. The third-order valence-electron chi connectivity index (χ3n) is 3.08. The fourth-order valence-corrected chi connectivity index (χ4v) is 3.13. The average molecular weight is 456 g/mol. The number of hydrogen-bond donors (Lipinski definition) is 0. The summed E-state index contributed by atoms with van der Waals surface area (Å²) in [5.74, 6) is 0. The Bertz CT molecular complexity index is 807. The third-order valence-corrected chi connectivity index (χ3v) is 5.37. The van der Waals surface area contributed by atoms with Gasteiger partial charge in [0, 0.05) is 0 Å². The van der Waals surface area contributed by atoms with Gasteiger partial charge >= 0.3 is 31.3 Å². The second-order valence-electron chi connectivity index (χ2n) is 5.77. The minimum atomic E-state index is -5.54. The Morgan fingerprint density at radius 1 is 0.607 bits per heavy atom. The first-order chi connectivity index (χ1) is 12.3. The van der Waals surface area contributed by atoms with Crippen LogP contribution in [0.3, 0.4) is 0 Å². The molecule has 0 aliphatic heterocycles. The fourth-order valence-electron chi connectivity index (χ4n) is 1.78. The van der Waals surface area contributed by atoms with Crippen LogP contribution in [-0.4, -0.2) is 39.1 Å². The van der Waals surface area contributed by atoms with Crippen LogP contribution in [0.15, 0.2) is 48.6 Å². The molecular formula is C14H14F6O6S2. The predicted octanol–water partition coefficient (Wildman–Crippen LogP) is 3.47. The third kappa shape index (κ3) is 6.18. The van der Waals surface area contributed by atoms with Crippen LogP contribution in [0.5, 0.6) is 0 Å². The number of halogens is 6. The first kappa shape index (κ1) is 24.4. The standard InChI is InChI=1S/2C7H7F3O3S/c2*1-6(4-2-3-5-6)13-14(11,12)7(8,9)10/h2*2-5H,1H3. The molecule has 160 valence electrons. The quantitative estimate of drug-likeness (QED) is 0.366. The van der Waals surface area contributed by atoms with Gasteiger partial charge in [0.1, 0.15) is 11.2 Å². The molecule has 0 saturated carbocycles. The highest BCUT2D eigenvalue weighted by molar-refractivity contribution is 7.87. The summed E-state index contributed by atoms with van der Waals surface area (Å²) in [7, 11) is -11.1. The normalized spacial score (nSPS) is 20.3. The van der Waals surface area contributed by atoms with Crippen molar-refractivity contribution >= 4 is 20.2 Å². The predicted molar refractivity (Wildman–Crippen MR) is 85.5 cm³/mol. The highest BCUT2D eigenvalue weighted by Gasteiger charge is 2.51. The van der Waals surface area contributed by atoms with Gasteiger partial charge in [0.25, 0.3) is 0 Å². The summed E-state index contributed by atoms with van der Waals surface area (Å²) in [5, 5.41) is 0. The fraction of sp³-hybridized carbons (Fsp3) is 0.429. The highest BCUT2D eigenvalue weighted by Crippen LogP contribution is 2.32. The molecule has 0 N–H and O–H groups in total. The lowest BCUT2D eigenvalue weighted by molar-refractivity contribution is -0.0584. The van der Waals surface area contributed by atoms with Crippen LogP contribution in [0.1, 0.15) is 13.8 Å². The molecule has 0 aromatic carbocycles. The molecule has 28 heavy (non-hydrogen) atoms. The van der Waals surface area contributed by atoms with Crippen LogP contribution in [0.25, 0.3) is 0 Å². The summed E-state index contributed by atoms with van der Waals surface area (Å²) in [6, 6.07) is 0. The number of rotatable bonds is 4. The van der Waals surface area contributed by atoms with E-state index in [1.54, 1.807) is 0 Å². The molecule has 14 heteroatoms. The number of allylic oxidation sites excluding steroid dienone is 4. The maximum Gasteiger partial charge on any atom is 0.523 e. The molecule has 2 aliphatic rings. The summed E-state index contributed by atoms with van der Waals surface area (Å²) in [4.78, 5) is 0. The minimum absolute atomic E-state index is 1.22. The zero-order valence-corrected chi connectivity index (χ0v) is 15.8. The van der Waals surface area contributed by atoms with Crippen molar-refractivity contribution in [3.05, 3.63) is 48.6 Å². The summed E-state index contributed by atoms with van der Waals surface area (Å²) in [6.07, 6.45) is 10.5. The first-order valence-electron chi connectivity index (χ1n) is 7.11. The summed E-state index contributed by atoms with van der Waals surface area (Å²) in [5.41, 5.74) is -13.8. The van der Waals surface area contributed by atoms with Gasteiger partial charge in [0.05, 0.1) is 0 Å². The van der Waals surface area contributed by atoms with Crippen LogP contribution in [0.4, 0.5) is 26.3 Å². The Balaban J connectivity index is 0.000000280. The molecule has 2 aliphatic carbocycles. The molecule has 0 amide bonds. The van der Waals surface area contributed by atoms with Crippen molar-refractivity contribution in [1.82, 2.24) is 0 Å². The lowest BCUT2D eigenvalue weighted by Crippen LogP contribution is -2.34. The Hall–Kier alpha value is -1.64. The largest absolute Gasteiger partial charge is 0.523 e. The molecule has 0 aromatic heterocycles. The minimum Gasteiger partial charge on any atom is -0.248 e. The van der Waals surface area contributed by atoms with E-state index in [2.05, 4.69) is 8.37 Å². The molecular weight excluding hydrogens is 442 g/mol. The van der Waals surface area contributed by atoms with Gasteiger partial charge in [-0.05, 0) is 38.2 Å². The molecule has 0 radical (unpaired) electrons. The molecule has 0 spiro atoms. The Morgan fingerprint density at radius 3 is 1.00 bits per heavy atom. The smallest absolute Gasteiger partial charge is 0.248 e. The zero-order chi connectivity index (χ0) is 22.1. The molecule has 2 rings (SSSR count). The average Bonchev–Trinajstić information content (AvgIpc) is 3.05. The second-order valence-corrected chi connectivity index (χ2v) is 8.85. The zero-order valence-electron chi connectivity index (χ0n) is 14.2. The van der Waals surface area contributed by atoms with Crippen molar-refractivity contribution in [2.24, 2.45) is 0 Å². The monoisotopic (exact) mass is 456 g/mol. The van der Waals surface area contributed by atoms with E-state index in [9.17, 15) is 43.2 Å². The highest BCUT2D eigenvalue weighted by atomic mass is 32.2. The van der Waals surface area contributed by atoms with E-state index in [1.807, 2.05) is 0 Å². The van der Waals surface area contributed by atoms with Crippen molar-refractivity contribution in [2.75, 3.05) is 0 Å². The van der Waals surface area contributed by atoms with Gasteiger partial charge in [0.15, 0.2) is 0 Å². The van der Waals surface area contributed by atoms with E-state index in [0.717, 1.165) is 0 Å². The van der Waals surface area contributed by atoms with E-state index < -0.39 is 42.5 Å². The number of hydrogen-bond acceptors (Lipinski definition) is 6. The summed E-state index contributed by atoms with van der Waals surface area (Å²) in [6.45, 7) is 2.44. The molecule has 0 saturated heterocycles. The maximum absolute atomic E-state index is 11.9. The van der Waals surface area contributed by atoms with E-state index in [4.69, 9.17) is 0 Å². The van der Waals surface area contributed by atoms with Gasteiger partial charge in [-0.3, -0.25) is 0 Å². The van der Waals surface area contributed by atoms with Crippen molar-refractivity contribution in [3.63, 3.8) is 0 Å². The van der Waals surface area contributed by atoms with Crippen LogP contribution in [-0.2, 0) is 28.6 Å². The molecule has 0 bridgehead atoms. The van der Waals surface area contributed by atoms with Gasteiger partial charge in [-0.15, -0.1) is 0 Å². The van der Waals surface area contributed by atoms with Crippen LogP contribution in [0.2, 0.25) is 0 Å². The van der Waals surface area contributed by atoms with Crippen LogP contribution in [0, 0.1) is 0 Å². The van der Waals surface area contributed by atoms with Gasteiger partial charge in [-0.1, -0.05) is 24.3 Å². The van der Waals surface area contributed by atoms with Crippen LogP contribution >= 0.6 is 0 Å². The molecule has 0 aromatic rings. The van der Waals surface area contributed by atoms with Crippen molar-refractivity contribution in [3.8, 4) is 0 Å². The van der Waals surface area contributed by atoms with Gasteiger partial charge in [-0.25, -0.2) is 8.37 Å². The molecule has 0 fully saturated rings. The second kappa shape index (κ2) is 7.65. The summed E-state index contributed by atoms with van der Waals surface area (Å²) >= 11 is 0. The number of alkyl halides is 6. The molecule has 0 heterocycles. The topological polar surface area (TPSA) is 86.7 Å². The summed E-state index contributed by atoms with van der Waals surface area (Å²) < 4.78 is 122. The van der Waals surface area contributed by atoms with E-state index in [1.165, 1.54) is 62.5 Å². The van der Waals surface area contributed by atoms with E-state index in [-0.39, 0.29) is 0 Å². The van der Waals surface area contributed by atoms with E-state index >= 15 is 0 Å². The maximum atomic E-state index is 11.9. The van der Waals surface area contributed by atoms with Crippen LogP contribution < -0.4 is 0 Å². The SMILES string of the molecule is CC1(OS(=O)(=O)C(F)(F)F)C=CC=C1.CC1(OS(=O)(=O)C(F)(F)F)C=CC=C1. The Morgan fingerprint density at radius 2 is 0.821 bits per heavy atom.